The van der Waals surface area contributed by atoms with E-state index in [1.807, 2.05) is 13.0 Å². The summed E-state index contributed by atoms with van der Waals surface area (Å²) in [5.74, 6) is -5.34. The lowest BCUT2D eigenvalue weighted by Gasteiger charge is -2.53. The van der Waals surface area contributed by atoms with Crippen LogP contribution in [0.4, 0.5) is 0 Å². The van der Waals surface area contributed by atoms with Gasteiger partial charge in [-0.1, -0.05) is 139 Å². The number of carbonyl (C=O) groups is 4. The molecule has 0 aromatic rings. The molecular formula is C57H97NO8. The Labute approximate surface area is 403 Å². The van der Waals surface area contributed by atoms with Crippen molar-refractivity contribution in [3.63, 3.8) is 0 Å². The molecule has 0 spiro atoms. The summed E-state index contributed by atoms with van der Waals surface area (Å²) in [5.41, 5.74) is 0.595. The summed E-state index contributed by atoms with van der Waals surface area (Å²) in [6, 6.07) is 0. The van der Waals surface area contributed by atoms with Crippen molar-refractivity contribution in [2.24, 2.45) is 44.3 Å². The van der Waals surface area contributed by atoms with E-state index >= 15 is 9.59 Å². The van der Waals surface area contributed by atoms with E-state index in [0.29, 0.717) is 51.4 Å². The van der Waals surface area contributed by atoms with E-state index in [2.05, 4.69) is 162 Å². The molecule has 1 heterocycles. The van der Waals surface area contributed by atoms with Gasteiger partial charge in [0.1, 0.15) is 24.4 Å². The highest BCUT2D eigenvalue weighted by Gasteiger charge is 2.48. The number of piperidine rings is 1. The average molecular weight is 924 g/mol. The molecule has 0 aromatic carbocycles. The number of nitrogens with zero attached hydrogens (tertiary/aromatic N) is 1. The van der Waals surface area contributed by atoms with E-state index in [0.717, 1.165) is 12.8 Å². The quantitative estimate of drug-likeness (QED) is 0.0800. The van der Waals surface area contributed by atoms with Gasteiger partial charge in [-0.05, 0) is 126 Å². The number of likely N-dealkylation sites (tertiary alicyclic amines) is 1. The minimum atomic E-state index is -1.37. The van der Waals surface area contributed by atoms with Gasteiger partial charge in [0.2, 0.25) is 0 Å². The highest BCUT2D eigenvalue weighted by Crippen LogP contribution is 2.47. The maximum Gasteiger partial charge on any atom is 0.310 e. The smallest absolute Gasteiger partial charge is 0.310 e. The first-order chi connectivity index (χ1) is 29.8. The van der Waals surface area contributed by atoms with Crippen LogP contribution in [0.5, 0.6) is 0 Å². The fraction of sp³-hybridized carbons (Fsp3) is 0.825. The minimum absolute atomic E-state index is 0.167. The largest absolute Gasteiger partial charge is 0.462 e. The van der Waals surface area contributed by atoms with Gasteiger partial charge in [0.15, 0.2) is 0 Å². The van der Waals surface area contributed by atoms with Crippen molar-refractivity contribution in [1.82, 2.24) is 4.90 Å². The van der Waals surface area contributed by atoms with Crippen LogP contribution in [0.2, 0.25) is 0 Å². The van der Waals surface area contributed by atoms with Crippen LogP contribution in [0.3, 0.4) is 0 Å². The number of allylic oxidation sites excluding steroid dienone is 6. The number of carbonyl (C=O) groups excluding carboxylic acids is 4. The SMILES string of the molecule is C/C=C/C(C)(C)CC(CC(C)(C)C)OC(=O)CC(C(=O)OC1CC(C)(C)C=C(CC)C(C)(C)C1)C(CC(=O)OC1CC(C)(C)C=C(CC)C(C)(C)C1)C(=O)OC1CC(C)(C)N(C)C(C)(C)C1. The molecule has 0 amide bonds. The van der Waals surface area contributed by atoms with Crippen LogP contribution in [-0.2, 0) is 38.1 Å². The summed E-state index contributed by atoms with van der Waals surface area (Å²) in [6.45, 7) is 42.8. The number of esters is 4. The minimum Gasteiger partial charge on any atom is -0.462 e. The fourth-order valence-electron chi connectivity index (χ4n) is 11.9. The topological polar surface area (TPSA) is 108 Å². The third-order valence-corrected chi connectivity index (χ3v) is 15.1. The van der Waals surface area contributed by atoms with E-state index in [1.165, 1.54) is 11.1 Å². The van der Waals surface area contributed by atoms with Gasteiger partial charge in [-0.25, -0.2) is 0 Å². The van der Waals surface area contributed by atoms with Crippen LogP contribution < -0.4 is 0 Å². The van der Waals surface area contributed by atoms with Crippen LogP contribution in [0.15, 0.2) is 35.5 Å². The van der Waals surface area contributed by atoms with Gasteiger partial charge in [0, 0.05) is 23.9 Å². The molecule has 0 saturated carbocycles. The maximum absolute atomic E-state index is 15.2. The summed E-state index contributed by atoms with van der Waals surface area (Å²) in [7, 11) is 2.09. The summed E-state index contributed by atoms with van der Waals surface area (Å²) >= 11 is 0. The first-order valence-electron chi connectivity index (χ1n) is 25.5. The zero-order valence-corrected chi connectivity index (χ0v) is 46.0. The normalized spacial score (nSPS) is 25.5. The summed E-state index contributed by atoms with van der Waals surface area (Å²) in [6.07, 6.45) is 12.4. The number of hydrogen-bond acceptors (Lipinski definition) is 9. The molecule has 0 radical (unpaired) electrons. The Balaban J connectivity index is 2.16. The Morgan fingerprint density at radius 1 is 0.621 bits per heavy atom. The van der Waals surface area contributed by atoms with Crippen LogP contribution in [0.1, 0.15) is 216 Å². The van der Waals surface area contributed by atoms with E-state index in [4.69, 9.17) is 18.9 Å². The van der Waals surface area contributed by atoms with Crippen LogP contribution in [-0.4, -0.2) is 71.3 Å². The molecule has 1 fully saturated rings. The van der Waals surface area contributed by atoms with Crippen LogP contribution >= 0.6 is 0 Å². The molecule has 9 heteroatoms. The van der Waals surface area contributed by atoms with Gasteiger partial charge in [0.05, 0.1) is 24.7 Å². The van der Waals surface area contributed by atoms with E-state index < -0.39 is 73.0 Å². The highest BCUT2D eigenvalue weighted by molar-refractivity contribution is 5.89. The molecule has 2 aliphatic carbocycles. The molecule has 5 unspecified atom stereocenters. The summed E-state index contributed by atoms with van der Waals surface area (Å²) in [5, 5.41) is 0. The lowest BCUT2D eigenvalue weighted by Crippen LogP contribution is -2.60. The van der Waals surface area contributed by atoms with Gasteiger partial charge in [-0.15, -0.1) is 0 Å². The Kier molecular flexibility index (Phi) is 18.6. The zero-order chi connectivity index (χ0) is 50.6. The molecule has 0 bridgehead atoms. The molecule has 0 aromatic heterocycles. The van der Waals surface area contributed by atoms with E-state index in [9.17, 15) is 9.59 Å². The molecule has 9 nitrogen and oxygen atoms in total. The maximum atomic E-state index is 15.2. The number of ether oxygens (including phenoxy) is 4. The summed E-state index contributed by atoms with van der Waals surface area (Å²) in [4.78, 5) is 61.7. The predicted octanol–water partition coefficient (Wildman–Crippen LogP) is 13.7. The number of hydrogen-bond donors (Lipinski definition) is 0. The second kappa shape index (κ2) is 21.4. The first kappa shape index (κ1) is 57.4. The molecule has 0 N–H and O–H groups in total. The molecule has 3 rings (SSSR count). The first-order valence-corrected chi connectivity index (χ1v) is 25.5. The highest BCUT2D eigenvalue weighted by atomic mass is 16.6. The van der Waals surface area contributed by atoms with Crippen LogP contribution in [0.25, 0.3) is 0 Å². The second-order valence-electron chi connectivity index (χ2n) is 26.6. The van der Waals surface area contributed by atoms with Crippen molar-refractivity contribution in [2.45, 2.75) is 251 Å². The average Bonchev–Trinajstić information content (AvgIpc) is 3.26. The second-order valence-corrected chi connectivity index (χ2v) is 26.6. The zero-order valence-electron chi connectivity index (χ0n) is 46.0. The third-order valence-electron chi connectivity index (χ3n) is 15.1. The molecule has 378 valence electrons. The van der Waals surface area contributed by atoms with E-state index in [-0.39, 0.29) is 43.6 Å². The summed E-state index contributed by atoms with van der Waals surface area (Å²) < 4.78 is 25.8. The molecule has 1 saturated heterocycles. The van der Waals surface area contributed by atoms with Crippen molar-refractivity contribution in [3.8, 4) is 0 Å². The van der Waals surface area contributed by atoms with Crippen molar-refractivity contribution < 1.29 is 38.1 Å². The van der Waals surface area contributed by atoms with Gasteiger partial charge in [-0.2, -0.15) is 0 Å². The van der Waals surface area contributed by atoms with Gasteiger partial charge >= 0.3 is 23.9 Å². The molecule has 5 atom stereocenters. The van der Waals surface area contributed by atoms with Crippen molar-refractivity contribution in [2.75, 3.05) is 7.05 Å². The standard InChI is InChI=1S/C57H97NO8/c1-22-25-51(7,8)31-40(30-50(4,5)6)63-46(59)26-44(48(61)65-42-33-53(11,12)29-39(24-3)55(15,16)35-42)45(49(62)66-43-36-56(17,18)58(21)57(19,20)37-43)27-47(60)64-41-32-52(9,10)28-38(23-2)54(13,14)34-41/h22,25,28-29,40-45H,23-24,26-27,30-37H2,1-21H3/b25-22+. The molecule has 66 heavy (non-hydrogen) atoms. The lowest BCUT2D eigenvalue weighted by molar-refractivity contribution is -0.179. The monoisotopic (exact) mass is 924 g/mol. The van der Waals surface area contributed by atoms with Crippen molar-refractivity contribution in [1.29, 1.82) is 0 Å². The van der Waals surface area contributed by atoms with Crippen molar-refractivity contribution in [3.05, 3.63) is 35.5 Å². The van der Waals surface area contributed by atoms with Crippen molar-refractivity contribution >= 4 is 23.9 Å². The number of rotatable bonds is 17. The van der Waals surface area contributed by atoms with E-state index in [1.54, 1.807) is 0 Å². The molecule has 1 aliphatic heterocycles. The Morgan fingerprint density at radius 2 is 1.02 bits per heavy atom. The Morgan fingerprint density at radius 3 is 1.41 bits per heavy atom. The molecular weight excluding hydrogens is 827 g/mol. The molecule has 3 aliphatic rings. The Hall–Kier alpha value is -2.94. The van der Waals surface area contributed by atoms with Gasteiger partial charge < -0.3 is 18.9 Å². The fourth-order valence-corrected chi connectivity index (χ4v) is 11.9. The van der Waals surface area contributed by atoms with Gasteiger partial charge in [0.25, 0.3) is 0 Å². The van der Waals surface area contributed by atoms with Gasteiger partial charge in [-0.3, -0.25) is 24.1 Å². The predicted molar refractivity (Wildman–Crippen MR) is 269 cm³/mol. The lowest BCUT2D eigenvalue weighted by atomic mass is 9.78. The van der Waals surface area contributed by atoms with Crippen LogP contribution in [0, 0.1) is 44.3 Å². The Bertz CT molecular complexity index is 1780. The third kappa shape index (κ3) is 16.6.